The molecule has 9 nitrogen and oxygen atoms in total. The van der Waals surface area contributed by atoms with Crippen molar-refractivity contribution in [3.63, 3.8) is 0 Å². The zero-order chi connectivity index (χ0) is 23.4. The molecule has 0 saturated carbocycles. The minimum absolute atomic E-state index is 0.00115. The van der Waals surface area contributed by atoms with Crippen molar-refractivity contribution in [2.75, 3.05) is 6.54 Å². The molecule has 1 aromatic carbocycles. The monoisotopic (exact) mass is 440 g/mol. The van der Waals surface area contributed by atoms with Crippen molar-refractivity contribution < 1.29 is 18.9 Å². The van der Waals surface area contributed by atoms with Crippen LogP contribution in [0.1, 0.15) is 58.6 Å². The van der Waals surface area contributed by atoms with Crippen molar-refractivity contribution in [3.8, 4) is 5.75 Å². The summed E-state index contributed by atoms with van der Waals surface area (Å²) in [5, 5.41) is 18.0. The van der Waals surface area contributed by atoms with E-state index >= 15 is 0 Å². The maximum Gasteiger partial charge on any atom is 0.312 e. The number of rotatable bonds is 9. The highest BCUT2D eigenvalue weighted by molar-refractivity contribution is 5.91. The molecule has 0 atom stereocenters. The number of carbonyl (C=O) groups is 1. The van der Waals surface area contributed by atoms with Crippen LogP contribution < -0.4 is 10.1 Å². The van der Waals surface area contributed by atoms with Gasteiger partial charge in [0.05, 0.1) is 11.5 Å². The Hall–Kier alpha value is -3.62. The summed E-state index contributed by atoms with van der Waals surface area (Å²) in [5.74, 6) is 1.48. The van der Waals surface area contributed by atoms with Crippen molar-refractivity contribution in [2.24, 2.45) is 0 Å². The summed E-state index contributed by atoms with van der Waals surface area (Å²) < 4.78 is 13.1. The maximum absolute atomic E-state index is 12.4. The number of aryl methyl sites for hydroxylation is 2. The number of hydrogen-bond acceptors (Lipinski definition) is 6. The Morgan fingerprint density at radius 3 is 2.66 bits per heavy atom. The fourth-order valence-corrected chi connectivity index (χ4v) is 3.50. The van der Waals surface area contributed by atoms with E-state index in [1.807, 2.05) is 13.0 Å². The average Bonchev–Trinajstić information content (AvgIpc) is 3.30. The van der Waals surface area contributed by atoms with Crippen LogP contribution in [0.3, 0.4) is 0 Å². The highest BCUT2D eigenvalue weighted by atomic mass is 16.6. The molecule has 0 aliphatic heterocycles. The lowest BCUT2D eigenvalue weighted by molar-refractivity contribution is -0.386. The van der Waals surface area contributed by atoms with Crippen LogP contribution in [0.15, 0.2) is 34.7 Å². The highest BCUT2D eigenvalue weighted by Crippen LogP contribution is 2.28. The molecule has 0 spiro atoms. The number of nitro groups is 1. The molecular weight excluding hydrogens is 412 g/mol. The molecule has 3 aromatic rings. The Kier molecular flexibility index (Phi) is 6.97. The average molecular weight is 441 g/mol. The third-order valence-corrected chi connectivity index (χ3v) is 5.18. The molecule has 3 rings (SSSR count). The first kappa shape index (κ1) is 23.1. The van der Waals surface area contributed by atoms with Crippen LogP contribution in [0.5, 0.6) is 5.75 Å². The van der Waals surface area contributed by atoms with Crippen molar-refractivity contribution in [3.05, 3.63) is 74.5 Å². The summed E-state index contributed by atoms with van der Waals surface area (Å²) in [6.07, 6.45) is 0. The number of nitrogens with zero attached hydrogens (tertiary/aromatic N) is 3. The highest BCUT2D eigenvalue weighted by Gasteiger charge is 2.21. The molecular formula is C23H28N4O5. The van der Waals surface area contributed by atoms with E-state index in [-0.39, 0.29) is 30.5 Å². The lowest BCUT2D eigenvalue weighted by Gasteiger charge is -2.14. The second kappa shape index (κ2) is 9.67. The van der Waals surface area contributed by atoms with Crippen molar-refractivity contribution >= 4 is 11.6 Å². The van der Waals surface area contributed by atoms with Gasteiger partial charge in [-0.25, -0.2) is 0 Å². The Labute approximate surface area is 186 Å². The molecule has 2 aromatic heterocycles. The molecule has 0 bridgehead atoms. The molecule has 0 saturated heterocycles. The van der Waals surface area contributed by atoms with E-state index in [0.717, 1.165) is 16.9 Å². The molecule has 170 valence electrons. The van der Waals surface area contributed by atoms with Gasteiger partial charge in [-0.15, -0.1) is 0 Å². The van der Waals surface area contributed by atoms with Gasteiger partial charge >= 0.3 is 5.69 Å². The smallest absolute Gasteiger partial charge is 0.312 e. The van der Waals surface area contributed by atoms with E-state index in [9.17, 15) is 14.9 Å². The molecule has 9 heteroatoms. The third kappa shape index (κ3) is 5.16. The van der Waals surface area contributed by atoms with E-state index in [4.69, 9.17) is 9.15 Å². The van der Waals surface area contributed by atoms with Gasteiger partial charge in [-0.2, -0.15) is 5.10 Å². The second-order valence-corrected chi connectivity index (χ2v) is 8.01. The molecule has 0 aliphatic rings. The first-order valence-corrected chi connectivity index (χ1v) is 10.5. The van der Waals surface area contributed by atoms with Crippen LogP contribution >= 0.6 is 0 Å². The summed E-state index contributed by atoms with van der Waals surface area (Å²) in [7, 11) is 0. The summed E-state index contributed by atoms with van der Waals surface area (Å²) in [6.45, 7) is 10.2. The number of ether oxygens (including phenoxy) is 1. The normalized spacial score (nSPS) is 11.1. The van der Waals surface area contributed by atoms with Crippen LogP contribution in [0, 0.1) is 30.9 Å². The van der Waals surface area contributed by atoms with Crippen LogP contribution in [0.4, 0.5) is 5.69 Å². The molecule has 1 amide bonds. The Morgan fingerprint density at radius 2 is 2.00 bits per heavy atom. The van der Waals surface area contributed by atoms with Gasteiger partial charge in [0.2, 0.25) is 0 Å². The first-order valence-electron chi connectivity index (χ1n) is 10.5. The van der Waals surface area contributed by atoms with Crippen LogP contribution in [0.25, 0.3) is 0 Å². The topological polar surface area (TPSA) is 112 Å². The van der Waals surface area contributed by atoms with Gasteiger partial charge in [0.15, 0.2) is 5.76 Å². The first-order chi connectivity index (χ1) is 15.2. The van der Waals surface area contributed by atoms with E-state index in [0.29, 0.717) is 29.6 Å². The van der Waals surface area contributed by atoms with Crippen LogP contribution in [-0.2, 0) is 13.2 Å². The lowest BCUT2D eigenvalue weighted by atomic mass is 10.0. The van der Waals surface area contributed by atoms with Crippen molar-refractivity contribution in [1.29, 1.82) is 0 Å². The Balaban J connectivity index is 1.56. The minimum Gasteiger partial charge on any atom is -0.485 e. The fourth-order valence-electron chi connectivity index (χ4n) is 3.50. The number of furan rings is 1. The zero-order valence-electron chi connectivity index (χ0n) is 19.0. The van der Waals surface area contributed by atoms with Gasteiger partial charge in [0.1, 0.15) is 29.5 Å². The zero-order valence-corrected chi connectivity index (χ0v) is 19.0. The summed E-state index contributed by atoms with van der Waals surface area (Å²) in [6, 6.07) is 9.43. The van der Waals surface area contributed by atoms with Crippen LogP contribution in [-0.4, -0.2) is 27.2 Å². The molecule has 0 aliphatic carbocycles. The minimum atomic E-state index is -0.444. The van der Waals surface area contributed by atoms with Gasteiger partial charge in [-0.3, -0.25) is 19.6 Å². The SMILES string of the molecule is Cc1ccc(C(C)C)c(OCc2ccc(C(=O)NCCn3nc(C)c([N+](=O)[O-])c3C)o2)c1. The van der Waals surface area contributed by atoms with E-state index in [2.05, 4.69) is 36.4 Å². The van der Waals surface area contributed by atoms with Gasteiger partial charge < -0.3 is 14.5 Å². The lowest BCUT2D eigenvalue weighted by Crippen LogP contribution is -2.27. The number of carbonyl (C=O) groups excluding carboxylic acids is 1. The summed E-state index contributed by atoms with van der Waals surface area (Å²) >= 11 is 0. The third-order valence-electron chi connectivity index (χ3n) is 5.18. The molecule has 2 heterocycles. The van der Waals surface area contributed by atoms with Gasteiger partial charge in [0.25, 0.3) is 5.91 Å². The van der Waals surface area contributed by atoms with E-state index in [1.54, 1.807) is 26.0 Å². The van der Waals surface area contributed by atoms with E-state index < -0.39 is 4.92 Å². The number of nitrogens with one attached hydrogen (secondary N) is 1. The number of benzene rings is 1. The second-order valence-electron chi connectivity index (χ2n) is 8.01. The molecule has 32 heavy (non-hydrogen) atoms. The standard InChI is InChI=1S/C23H28N4O5/c1-14(2)19-8-6-15(3)12-21(19)31-13-18-7-9-20(32-18)23(28)24-10-11-26-17(5)22(27(29)30)16(4)25-26/h6-9,12,14H,10-11,13H2,1-5H3,(H,24,28). The Morgan fingerprint density at radius 1 is 1.25 bits per heavy atom. The number of amides is 1. The fraction of sp³-hybridized carbons (Fsp3) is 0.391. The van der Waals surface area contributed by atoms with E-state index in [1.165, 1.54) is 4.68 Å². The predicted molar refractivity (Wildman–Crippen MR) is 119 cm³/mol. The van der Waals surface area contributed by atoms with Crippen molar-refractivity contribution in [2.45, 2.75) is 53.7 Å². The largest absolute Gasteiger partial charge is 0.485 e. The van der Waals surface area contributed by atoms with Gasteiger partial charge in [-0.05, 0) is 56.0 Å². The maximum atomic E-state index is 12.4. The molecule has 0 radical (unpaired) electrons. The van der Waals surface area contributed by atoms with Crippen LogP contribution in [0.2, 0.25) is 0 Å². The Bertz CT molecular complexity index is 1130. The predicted octanol–water partition coefficient (Wildman–Crippen LogP) is 4.44. The number of hydrogen-bond donors (Lipinski definition) is 1. The molecule has 0 unspecified atom stereocenters. The molecule has 0 fully saturated rings. The number of aromatic nitrogens is 2. The van der Waals surface area contributed by atoms with Gasteiger partial charge in [0, 0.05) is 6.54 Å². The summed E-state index contributed by atoms with van der Waals surface area (Å²) in [5.41, 5.74) is 3.03. The molecule has 1 N–H and O–H groups in total. The van der Waals surface area contributed by atoms with Crippen molar-refractivity contribution in [1.82, 2.24) is 15.1 Å². The van der Waals surface area contributed by atoms with Gasteiger partial charge in [-0.1, -0.05) is 26.0 Å². The quantitative estimate of drug-likeness (QED) is 0.389. The summed E-state index contributed by atoms with van der Waals surface area (Å²) in [4.78, 5) is 23.0.